The predicted octanol–water partition coefficient (Wildman–Crippen LogP) is 5.89. The number of alkyl halides is 1. The van der Waals surface area contributed by atoms with Gasteiger partial charge in [0, 0.05) is 33.8 Å². The molecule has 8 heteroatoms. The van der Waals surface area contributed by atoms with E-state index < -0.39 is 0 Å². The van der Waals surface area contributed by atoms with Crippen molar-refractivity contribution in [2.75, 3.05) is 20.2 Å². The zero-order valence-electron chi connectivity index (χ0n) is 16.5. The smallest absolute Gasteiger partial charge is 0.119 e. The average Bonchev–Trinajstić information content (AvgIpc) is 2.68. The highest BCUT2D eigenvalue weighted by atomic mass is 35.5. The number of hydrogen-bond acceptors (Lipinski definition) is 4. The molecular weight excluding hydrogens is 452 g/mol. The summed E-state index contributed by atoms with van der Waals surface area (Å²) >= 11 is 12.4. The monoisotopic (exact) mass is 477 g/mol. The lowest BCUT2D eigenvalue weighted by Crippen LogP contribution is -2.26. The molecule has 29 heavy (non-hydrogen) atoms. The fraction of sp³-hybridized carbons (Fsp3) is 0.381. The Balaban J connectivity index is 0.00000210. The second-order valence-corrected chi connectivity index (χ2v) is 7.73. The molecule has 1 heterocycles. The van der Waals surface area contributed by atoms with Crippen LogP contribution in [0, 0.1) is 0 Å². The van der Waals surface area contributed by atoms with Crippen molar-refractivity contribution in [3.8, 4) is 5.75 Å². The Kier molecular flexibility index (Phi) is 10.8. The third kappa shape index (κ3) is 6.24. The third-order valence-electron chi connectivity index (χ3n) is 4.80. The van der Waals surface area contributed by atoms with Gasteiger partial charge in [0.15, 0.2) is 0 Å². The lowest BCUT2D eigenvalue weighted by molar-refractivity contribution is 0.415. The number of methoxy groups -OCH3 is 1. The van der Waals surface area contributed by atoms with Gasteiger partial charge in [-0.2, -0.15) is 0 Å². The molecule has 0 bridgehead atoms. The van der Waals surface area contributed by atoms with Crippen LogP contribution in [0.25, 0.3) is 21.8 Å². The molecule has 0 amide bonds. The molecule has 0 saturated heterocycles. The Morgan fingerprint density at radius 2 is 1.86 bits per heavy atom. The Labute approximate surface area is 194 Å². The van der Waals surface area contributed by atoms with Gasteiger partial charge < -0.3 is 15.8 Å². The lowest BCUT2D eigenvalue weighted by atomic mass is 9.95. The van der Waals surface area contributed by atoms with E-state index in [0.29, 0.717) is 5.02 Å². The van der Waals surface area contributed by atoms with Gasteiger partial charge in [0.2, 0.25) is 0 Å². The topological polar surface area (TPSA) is 60.2 Å². The molecule has 3 aromatic rings. The average molecular weight is 479 g/mol. The summed E-state index contributed by atoms with van der Waals surface area (Å²) in [6.07, 6.45) is 1.74. The van der Waals surface area contributed by atoms with Gasteiger partial charge in [-0.05, 0) is 55.3 Å². The number of nitrogens with zero attached hydrogens (tertiary/aromatic N) is 1. The summed E-state index contributed by atoms with van der Waals surface area (Å²) in [4.78, 5) is 4.76. The Bertz CT molecular complexity index is 939. The molecule has 160 valence electrons. The van der Waals surface area contributed by atoms with E-state index in [1.54, 1.807) is 7.11 Å². The van der Waals surface area contributed by atoms with E-state index in [-0.39, 0.29) is 36.2 Å². The van der Waals surface area contributed by atoms with Crippen LogP contribution in [-0.4, -0.2) is 30.6 Å². The van der Waals surface area contributed by atoms with Crippen LogP contribution in [0.1, 0.15) is 31.4 Å². The van der Waals surface area contributed by atoms with Crippen molar-refractivity contribution in [1.29, 1.82) is 0 Å². The van der Waals surface area contributed by atoms with Crippen LogP contribution in [0.3, 0.4) is 0 Å². The summed E-state index contributed by atoms with van der Waals surface area (Å²) in [6, 6.07) is 11.5. The van der Waals surface area contributed by atoms with E-state index in [9.17, 15) is 0 Å². The molecule has 2 atom stereocenters. The van der Waals surface area contributed by atoms with Gasteiger partial charge in [-0.1, -0.05) is 24.6 Å². The molecule has 3 N–H and O–H groups in total. The van der Waals surface area contributed by atoms with Crippen LogP contribution in [0.4, 0.5) is 0 Å². The van der Waals surface area contributed by atoms with E-state index in [4.69, 9.17) is 38.7 Å². The molecule has 0 aliphatic carbocycles. The summed E-state index contributed by atoms with van der Waals surface area (Å²) in [6.45, 7) is 3.66. The van der Waals surface area contributed by atoms with Crippen molar-refractivity contribution in [3.63, 3.8) is 0 Å². The van der Waals surface area contributed by atoms with Crippen LogP contribution in [-0.2, 0) is 0 Å². The number of nitrogens with two attached hydrogens (primary N) is 1. The van der Waals surface area contributed by atoms with Crippen LogP contribution in [0.5, 0.6) is 5.75 Å². The Morgan fingerprint density at radius 1 is 1.10 bits per heavy atom. The summed E-state index contributed by atoms with van der Waals surface area (Å²) in [5.74, 6) is 0.789. The van der Waals surface area contributed by atoms with Crippen molar-refractivity contribution < 1.29 is 4.74 Å². The van der Waals surface area contributed by atoms with E-state index in [2.05, 4.69) is 12.2 Å². The summed E-state index contributed by atoms with van der Waals surface area (Å²) in [5.41, 5.74) is 9.44. The number of aromatic nitrogens is 1. The zero-order chi connectivity index (χ0) is 19.4. The number of hydrogen-bond donors (Lipinski definition) is 2. The van der Waals surface area contributed by atoms with Gasteiger partial charge in [-0.25, -0.2) is 4.98 Å². The highest BCUT2D eigenvalue weighted by Gasteiger charge is 2.16. The predicted molar refractivity (Wildman–Crippen MR) is 130 cm³/mol. The Morgan fingerprint density at radius 3 is 2.55 bits per heavy atom. The number of nitrogens with one attached hydrogen (secondary N) is 1. The molecule has 4 nitrogen and oxygen atoms in total. The van der Waals surface area contributed by atoms with Gasteiger partial charge in [0.05, 0.1) is 18.1 Å². The maximum absolute atomic E-state index is 6.63. The first-order chi connectivity index (χ1) is 13.0. The van der Waals surface area contributed by atoms with Gasteiger partial charge in [0.25, 0.3) is 0 Å². The maximum Gasteiger partial charge on any atom is 0.119 e. The molecular formula is C21H27Cl4N3O. The Hall–Kier alpha value is -1.01. The largest absolute Gasteiger partial charge is 0.497 e. The number of pyridine rings is 1. The van der Waals surface area contributed by atoms with Crippen LogP contribution in [0.15, 0.2) is 36.4 Å². The van der Waals surface area contributed by atoms with E-state index in [0.717, 1.165) is 59.0 Å². The molecule has 1 aromatic heterocycles. The number of halogens is 4. The number of ether oxygens (including phenoxy) is 1. The first kappa shape index (κ1) is 26.0. The maximum atomic E-state index is 6.63. The minimum Gasteiger partial charge on any atom is -0.497 e. The first-order valence-electron chi connectivity index (χ1n) is 9.20. The van der Waals surface area contributed by atoms with Crippen molar-refractivity contribution in [1.82, 2.24) is 10.3 Å². The molecule has 0 saturated carbocycles. The molecule has 0 aliphatic heterocycles. The third-order valence-corrected chi connectivity index (χ3v) is 5.49. The number of rotatable bonds is 8. The van der Waals surface area contributed by atoms with Gasteiger partial charge in [-0.15, -0.1) is 36.4 Å². The normalized spacial score (nSPS) is 12.9. The quantitative estimate of drug-likeness (QED) is 0.240. The standard InChI is InChI=1S/C21H25Cl2N3O.2ClH/c1-3-13(22)12-25-9-8-18(24)21-16-6-4-14(23)10-20(16)26-19-7-5-15(27-2)11-17(19)21;;/h4-7,10-11,13,18,25H,3,8-9,12,24H2,1-2H3;2*1H. The van der Waals surface area contributed by atoms with Crippen molar-refractivity contribution in [2.24, 2.45) is 5.73 Å². The summed E-state index contributed by atoms with van der Waals surface area (Å²) in [5, 5.41) is 6.24. The van der Waals surface area contributed by atoms with Crippen molar-refractivity contribution in [3.05, 3.63) is 47.0 Å². The SMILES string of the molecule is CCC(Cl)CNCCC(N)c1c2ccc(Cl)cc2nc2ccc(OC)cc12.Cl.Cl. The van der Waals surface area contributed by atoms with E-state index >= 15 is 0 Å². The molecule has 0 fully saturated rings. The van der Waals surface area contributed by atoms with Crippen LogP contribution >= 0.6 is 48.0 Å². The van der Waals surface area contributed by atoms with Gasteiger partial charge >= 0.3 is 0 Å². The fourth-order valence-corrected chi connectivity index (χ4v) is 3.54. The van der Waals surface area contributed by atoms with Gasteiger partial charge in [0.1, 0.15) is 5.75 Å². The molecule has 2 aromatic carbocycles. The molecule has 0 spiro atoms. The molecule has 0 aliphatic rings. The zero-order valence-corrected chi connectivity index (χ0v) is 19.6. The first-order valence-corrected chi connectivity index (χ1v) is 10.0. The molecule has 3 rings (SSSR count). The highest BCUT2D eigenvalue weighted by molar-refractivity contribution is 6.31. The molecule has 2 unspecified atom stereocenters. The second-order valence-electron chi connectivity index (χ2n) is 6.67. The van der Waals surface area contributed by atoms with Crippen LogP contribution in [0.2, 0.25) is 5.02 Å². The summed E-state index contributed by atoms with van der Waals surface area (Å²) < 4.78 is 5.41. The van der Waals surface area contributed by atoms with E-state index in [1.807, 2.05) is 36.4 Å². The summed E-state index contributed by atoms with van der Waals surface area (Å²) in [7, 11) is 1.66. The lowest BCUT2D eigenvalue weighted by Gasteiger charge is -2.19. The van der Waals surface area contributed by atoms with Crippen molar-refractivity contribution in [2.45, 2.75) is 31.2 Å². The highest BCUT2D eigenvalue weighted by Crippen LogP contribution is 2.34. The van der Waals surface area contributed by atoms with Crippen LogP contribution < -0.4 is 15.8 Å². The van der Waals surface area contributed by atoms with Crippen molar-refractivity contribution >= 4 is 69.8 Å². The minimum absolute atomic E-state index is 0. The molecule has 0 radical (unpaired) electrons. The van der Waals surface area contributed by atoms with Gasteiger partial charge in [-0.3, -0.25) is 0 Å². The van der Waals surface area contributed by atoms with E-state index in [1.165, 1.54) is 0 Å². The minimum atomic E-state index is -0.144. The number of benzene rings is 2. The number of fused-ring (bicyclic) bond motifs is 2. The fourth-order valence-electron chi connectivity index (χ4n) is 3.26. The second kappa shape index (κ2) is 12.0.